The molecule has 26 heavy (non-hydrogen) atoms. The predicted molar refractivity (Wildman–Crippen MR) is 97.7 cm³/mol. The van der Waals surface area contributed by atoms with E-state index in [-0.39, 0.29) is 23.6 Å². The monoisotopic (exact) mass is 356 g/mol. The minimum atomic E-state index is -0.391. The lowest BCUT2D eigenvalue weighted by atomic mass is 9.74. The van der Waals surface area contributed by atoms with Crippen LogP contribution in [0, 0.1) is 11.8 Å². The number of rotatable bonds is 5. The van der Waals surface area contributed by atoms with Gasteiger partial charge in [0.05, 0.1) is 32.0 Å². The van der Waals surface area contributed by atoms with Crippen LogP contribution in [-0.2, 0) is 19.1 Å². The molecule has 5 nitrogen and oxygen atoms in total. The minimum Gasteiger partial charge on any atom is -0.497 e. The summed E-state index contributed by atoms with van der Waals surface area (Å²) in [6.45, 7) is 2.60. The summed E-state index contributed by atoms with van der Waals surface area (Å²) in [5.74, 6) is 0.801. The van der Waals surface area contributed by atoms with E-state index in [1.165, 1.54) is 7.11 Å². The molecule has 1 fully saturated rings. The van der Waals surface area contributed by atoms with Crippen LogP contribution >= 0.6 is 0 Å². The van der Waals surface area contributed by atoms with E-state index in [4.69, 9.17) is 14.2 Å². The second-order valence-corrected chi connectivity index (χ2v) is 6.94. The zero-order chi connectivity index (χ0) is 18.7. The van der Waals surface area contributed by atoms with Gasteiger partial charge in [0.15, 0.2) is 5.78 Å². The van der Waals surface area contributed by atoms with E-state index >= 15 is 0 Å². The van der Waals surface area contributed by atoms with E-state index < -0.39 is 5.60 Å². The number of fused-ring (bicyclic) bond motifs is 1. The van der Waals surface area contributed by atoms with E-state index in [1.807, 2.05) is 43.3 Å². The van der Waals surface area contributed by atoms with Gasteiger partial charge >= 0.3 is 5.97 Å². The Morgan fingerprint density at radius 1 is 1.31 bits per heavy atom. The molecule has 3 atom stereocenters. The molecule has 3 rings (SSSR count). The summed E-state index contributed by atoms with van der Waals surface area (Å²) >= 11 is 0. The number of ketones is 1. The summed E-state index contributed by atoms with van der Waals surface area (Å²) < 4.78 is 16.1. The first kappa shape index (κ1) is 18.4. The van der Waals surface area contributed by atoms with E-state index in [0.717, 1.165) is 11.3 Å². The fourth-order valence-electron chi connectivity index (χ4n) is 3.76. The average Bonchev–Trinajstić information content (AvgIpc) is 2.98. The predicted octanol–water partition coefficient (Wildman–Crippen LogP) is 3.19. The van der Waals surface area contributed by atoms with Crippen molar-refractivity contribution in [1.29, 1.82) is 0 Å². The fourth-order valence-corrected chi connectivity index (χ4v) is 3.76. The summed E-state index contributed by atoms with van der Waals surface area (Å²) in [6.07, 6.45) is 6.53. The van der Waals surface area contributed by atoms with Gasteiger partial charge in [-0.2, -0.15) is 0 Å². The van der Waals surface area contributed by atoms with Crippen molar-refractivity contribution in [2.45, 2.75) is 25.4 Å². The number of hydrogen-bond donors (Lipinski definition) is 0. The highest BCUT2D eigenvalue weighted by Crippen LogP contribution is 2.44. The molecule has 0 radical (unpaired) electrons. The maximum Gasteiger partial charge on any atom is 0.338 e. The van der Waals surface area contributed by atoms with Gasteiger partial charge in [-0.25, -0.2) is 4.79 Å². The number of hydrogen-bond acceptors (Lipinski definition) is 5. The van der Waals surface area contributed by atoms with Crippen molar-refractivity contribution in [2.75, 3.05) is 20.8 Å². The Hall–Kier alpha value is -2.40. The largest absolute Gasteiger partial charge is 0.497 e. The van der Waals surface area contributed by atoms with Crippen LogP contribution in [0.15, 0.2) is 42.5 Å². The van der Waals surface area contributed by atoms with Crippen LogP contribution in [-0.4, -0.2) is 38.2 Å². The third-order valence-corrected chi connectivity index (χ3v) is 5.37. The third-order valence-electron chi connectivity index (χ3n) is 5.37. The van der Waals surface area contributed by atoms with E-state index in [1.54, 1.807) is 13.2 Å². The van der Waals surface area contributed by atoms with Crippen molar-refractivity contribution >= 4 is 17.3 Å². The van der Waals surface area contributed by atoms with Crippen molar-refractivity contribution in [3.8, 4) is 5.75 Å². The highest BCUT2D eigenvalue weighted by Gasteiger charge is 2.46. The summed E-state index contributed by atoms with van der Waals surface area (Å²) in [6, 6.07) is 7.30. The molecule has 138 valence electrons. The molecule has 0 saturated carbocycles. The van der Waals surface area contributed by atoms with Gasteiger partial charge in [-0.15, -0.1) is 0 Å². The molecule has 0 aromatic heterocycles. The van der Waals surface area contributed by atoms with E-state index in [2.05, 4.69) is 0 Å². The first-order chi connectivity index (χ1) is 12.5. The Morgan fingerprint density at radius 3 is 2.69 bits per heavy atom. The van der Waals surface area contributed by atoms with Crippen LogP contribution in [0.1, 0.15) is 25.3 Å². The van der Waals surface area contributed by atoms with Crippen LogP contribution in [0.2, 0.25) is 0 Å². The van der Waals surface area contributed by atoms with Gasteiger partial charge in [0.2, 0.25) is 0 Å². The van der Waals surface area contributed by atoms with Crippen LogP contribution in [0.5, 0.6) is 5.75 Å². The van der Waals surface area contributed by atoms with Crippen molar-refractivity contribution in [2.24, 2.45) is 11.8 Å². The molecule has 2 aliphatic rings. The Labute approximate surface area is 153 Å². The SMILES string of the molecule is COC(=O)/C(=C\CC1COC2(C)C=CC(=O)CC12)c1ccc(OC)cc1. The second kappa shape index (κ2) is 7.46. The fraction of sp³-hybridized carbons (Fsp3) is 0.429. The highest BCUT2D eigenvalue weighted by molar-refractivity contribution is 6.16. The number of allylic oxidation sites excluding steroid dienone is 2. The van der Waals surface area contributed by atoms with Crippen LogP contribution in [0.4, 0.5) is 0 Å². The smallest absolute Gasteiger partial charge is 0.338 e. The molecule has 1 heterocycles. The van der Waals surface area contributed by atoms with Gasteiger partial charge in [-0.05, 0) is 49.1 Å². The van der Waals surface area contributed by atoms with Crippen LogP contribution < -0.4 is 4.74 Å². The van der Waals surface area contributed by atoms with Gasteiger partial charge in [0.25, 0.3) is 0 Å². The quantitative estimate of drug-likeness (QED) is 0.599. The number of carbonyl (C=O) groups excluding carboxylic acids is 2. The van der Waals surface area contributed by atoms with Gasteiger partial charge in [0, 0.05) is 12.3 Å². The summed E-state index contributed by atoms with van der Waals surface area (Å²) in [5, 5.41) is 0. The zero-order valence-corrected chi connectivity index (χ0v) is 15.4. The molecular weight excluding hydrogens is 332 g/mol. The lowest BCUT2D eigenvalue weighted by molar-refractivity contribution is -0.133. The first-order valence-corrected chi connectivity index (χ1v) is 8.76. The van der Waals surface area contributed by atoms with Crippen LogP contribution in [0.3, 0.4) is 0 Å². The van der Waals surface area contributed by atoms with Crippen molar-refractivity contribution in [3.05, 3.63) is 48.1 Å². The highest BCUT2D eigenvalue weighted by atomic mass is 16.5. The number of ether oxygens (including phenoxy) is 3. The number of carbonyl (C=O) groups is 2. The summed E-state index contributed by atoms with van der Waals surface area (Å²) in [7, 11) is 2.98. The molecule has 0 spiro atoms. The Balaban J connectivity index is 1.81. The molecular formula is C21H24O5. The Morgan fingerprint density at radius 2 is 2.04 bits per heavy atom. The number of esters is 1. The molecule has 5 heteroatoms. The molecule has 3 unspecified atom stereocenters. The third kappa shape index (κ3) is 3.58. The van der Waals surface area contributed by atoms with Gasteiger partial charge in [0.1, 0.15) is 5.75 Å². The Kier molecular flexibility index (Phi) is 5.28. The van der Waals surface area contributed by atoms with Gasteiger partial charge in [-0.1, -0.05) is 18.2 Å². The molecule has 1 aliphatic heterocycles. The molecule has 1 aromatic carbocycles. The van der Waals surface area contributed by atoms with Crippen molar-refractivity contribution in [3.63, 3.8) is 0 Å². The molecule has 1 saturated heterocycles. The van der Waals surface area contributed by atoms with Crippen molar-refractivity contribution in [1.82, 2.24) is 0 Å². The lowest BCUT2D eigenvalue weighted by Crippen LogP contribution is -2.36. The molecule has 1 aromatic rings. The average molecular weight is 356 g/mol. The summed E-state index contributed by atoms with van der Waals surface area (Å²) in [4.78, 5) is 24.1. The Bertz CT molecular complexity index is 746. The maximum atomic E-state index is 12.3. The van der Waals surface area contributed by atoms with E-state index in [9.17, 15) is 9.59 Å². The molecule has 0 N–H and O–H groups in total. The maximum absolute atomic E-state index is 12.3. The van der Waals surface area contributed by atoms with Crippen LogP contribution in [0.25, 0.3) is 5.57 Å². The topological polar surface area (TPSA) is 61.8 Å². The first-order valence-electron chi connectivity index (χ1n) is 8.76. The molecule has 0 bridgehead atoms. The normalized spacial score (nSPS) is 28.0. The van der Waals surface area contributed by atoms with Crippen molar-refractivity contribution < 1.29 is 23.8 Å². The number of methoxy groups -OCH3 is 2. The zero-order valence-electron chi connectivity index (χ0n) is 15.4. The standard InChI is InChI=1S/C21H24O5/c1-21-11-10-16(22)12-19(21)15(13-26-21)6-9-18(20(23)25-3)14-4-7-17(24-2)8-5-14/h4-5,7-11,15,19H,6,12-13H2,1-3H3/b18-9-. The van der Waals surface area contributed by atoms with E-state index in [0.29, 0.717) is 25.0 Å². The second-order valence-electron chi connectivity index (χ2n) is 6.94. The lowest BCUT2D eigenvalue weighted by Gasteiger charge is -2.31. The molecule has 1 aliphatic carbocycles. The van der Waals surface area contributed by atoms with Gasteiger partial charge < -0.3 is 14.2 Å². The molecule has 0 amide bonds. The van der Waals surface area contributed by atoms with Gasteiger partial charge in [-0.3, -0.25) is 4.79 Å². The number of benzene rings is 1. The summed E-state index contributed by atoms with van der Waals surface area (Å²) in [5.41, 5.74) is 0.901. The minimum absolute atomic E-state index is 0.131.